The van der Waals surface area contributed by atoms with Gasteiger partial charge < -0.3 is 15.2 Å². The predicted octanol–water partition coefficient (Wildman–Crippen LogP) is 1.71. The monoisotopic (exact) mass is 235 g/mol. The maximum atomic E-state index is 9.62. The van der Waals surface area contributed by atoms with Crippen LogP contribution in [-0.4, -0.2) is 30.4 Å². The lowest BCUT2D eigenvalue weighted by Crippen LogP contribution is -2.37. The van der Waals surface area contributed by atoms with Crippen LogP contribution < -0.4 is 5.32 Å². The number of benzene rings is 1. The Morgan fingerprint density at radius 2 is 2.06 bits per heavy atom. The van der Waals surface area contributed by atoms with Crippen molar-refractivity contribution in [2.45, 2.75) is 38.0 Å². The van der Waals surface area contributed by atoms with E-state index in [0.717, 1.165) is 25.8 Å². The maximum absolute atomic E-state index is 9.62. The average molecular weight is 235 g/mol. The van der Waals surface area contributed by atoms with Crippen LogP contribution >= 0.6 is 0 Å². The molecule has 0 spiro atoms. The van der Waals surface area contributed by atoms with E-state index in [9.17, 15) is 5.11 Å². The SMILES string of the molecule is OC1CCCC1NCCOCc1ccccc1. The standard InChI is InChI=1S/C14H21NO2/c16-14-8-4-7-13(14)15-9-10-17-11-12-5-2-1-3-6-12/h1-3,5-6,13-16H,4,7-11H2. The number of aliphatic hydroxyl groups excluding tert-OH is 1. The van der Waals surface area contributed by atoms with Crippen LogP contribution in [0.1, 0.15) is 24.8 Å². The molecule has 2 rings (SSSR count). The average Bonchev–Trinajstić information content (AvgIpc) is 2.76. The highest BCUT2D eigenvalue weighted by molar-refractivity contribution is 5.13. The fourth-order valence-corrected chi connectivity index (χ4v) is 2.26. The molecule has 1 aliphatic carbocycles. The Labute approximate surface area is 103 Å². The Hall–Kier alpha value is -0.900. The van der Waals surface area contributed by atoms with Crippen molar-refractivity contribution in [3.05, 3.63) is 35.9 Å². The molecular formula is C14H21NO2. The van der Waals surface area contributed by atoms with Gasteiger partial charge in [-0.15, -0.1) is 0 Å². The Kier molecular flexibility index (Phi) is 4.98. The van der Waals surface area contributed by atoms with Gasteiger partial charge in [-0.2, -0.15) is 0 Å². The summed E-state index contributed by atoms with van der Waals surface area (Å²) in [6.45, 7) is 2.17. The minimum atomic E-state index is -0.163. The zero-order chi connectivity index (χ0) is 11.9. The quantitative estimate of drug-likeness (QED) is 0.738. The molecule has 1 aliphatic rings. The number of ether oxygens (including phenoxy) is 1. The van der Waals surface area contributed by atoms with Crippen molar-refractivity contribution in [3.8, 4) is 0 Å². The van der Waals surface area contributed by atoms with Gasteiger partial charge in [-0.05, 0) is 24.8 Å². The predicted molar refractivity (Wildman–Crippen MR) is 67.7 cm³/mol. The Morgan fingerprint density at radius 1 is 1.24 bits per heavy atom. The van der Waals surface area contributed by atoms with Crippen LogP contribution in [0.2, 0.25) is 0 Å². The first-order chi connectivity index (χ1) is 8.36. The second kappa shape index (κ2) is 6.74. The molecule has 3 nitrogen and oxygen atoms in total. The Morgan fingerprint density at radius 3 is 2.76 bits per heavy atom. The maximum Gasteiger partial charge on any atom is 0.0717 e. The van der Waals surface area contributed by atoms with Crippen molar-refractivity contribution in [3.63, 3.8) is 0 Å². The van der Waals surface area contributed by atoms with Crippen molar-refractivity contribution in [2.24, 2.45) is 0 Å². The highest BCUT2D eigenvalue weighted by Crippen LogP contribution is 2.18. The van der Waals surface area contributed by atoms with E-state index in [1.165, 1.54) is 5.56 Å². The first kappa shape index (κ1) is 12.6. The summed E-state index contributed by atoms with van der Waals surface area (Å²) in [4.78, 5) is 0. The Balaban J connectivity index is 1.55. The summed E-state index contributed by atoms with van der Waals surface area (Å²) < 4.78 is 5.57. The summed E-state index contributed by atoms with van der Waals surface area (Å²) in [5.41, 5.74) is 1.20. The van der Waals surface area contributed by atoms with Gasteiger partial charge in [0, 0.05) is 12.6 Å². The first-order valence-electron chi connectivity index (χ1n) is 6.39. The van der Waals surface area contributed by atoms with Gasteiger partial charge in [0.15, 0.2) is 0 Å². The second-order valence-corrected chi connectivity index (χ2v) is 4.60. The number of hydrogen-bond donors (Lipinski definition) is 2. The van der Waals surface area contributed by atoms with E-state index in [1.807, 2.05) is 18.2 Å². The number of rotatable bonds is 6. The highest BCUT2D eigenvalue weighted by atomic mass is 16.5. The van der Waals surface area contributed by atoms with E-state index in [0.29, 0.717) is 13.2 Å². The molecule has 0 radical (unpaired) electrons. The molecule has 0 aliphatic heterocycles. The molecule has 94 valence electrons. The van der Waals surface area contributed by atoms with Crippen LogP contribution in [-0.2, 0) is 11.3 Å². The van der Waals surface area contributed by atoms with E-state index < -0.39 is 0 Å². The molecule has 2 unspecified atom stereocenters. The molecule has 2 atom stereocenters. The van der Waals surface area contributed by atoms with E-state index in [1.54, 1.807) is 0 Å². The second-order valence-electron chi connectivity index (χ2n) is 4.60. The molecular weight excluding hydrogens is 214 g/mol. The fourth-order valence-electron chi connectivity index (χ4n) is 2.26. The minimum Gasteiger partial charge on any atom is -0.392 e. The number of aliphatic hydroxyl groups is 1. The van der Waals surface area contributed by atoms with Gasteiger partial charge in [0.25, 0.3) is 0 Å². The number of nitrogens with one attached hydrogen (secondary N) is 1. The first-order valence-corrected chi connectivity index (χ1v) is 6.39. The van der Waals surface area contributed by atoms with Crippen molar-refractivity contribution in [1.82, 2.24) is 5.32 Å². The molecule has 0 bridgehead atoms. The molecule has 1 aromatic rings. The topological polar surface area (TPSA) is 41.5 Å². The minimum absolute atomic E-state index is 0.163. The van der Waals surface area contributed by atoms with Crippen LogP contribution in [0.15, 0.2) is 30.3 Å². The summed E-state index contributed by atoms with van der Waals surface area (Å²) >= 11 is 0. The smallest absolute Gasteiger partial charge is 0.0717 e. The lowest BCUT2D eigenvalue weighted by molar-refractivity contribution is 0.108. The summed E-state index contributed by atoms with van der Waals surface area (Å²) in [7, 11) is 0. The summed E-state index contributed by atoms with van der Waals surface area (Å²) in [5.74, 6) is 0. The van der Waals surface area contributed by atoms with Crippen LogP contribution in [0.5, 0.6) is 0 Å². The molecule has 1 saturated carbocycles. The van der Waals surface area contributed by atoms with Crippen LogP contribution in [0.25, 0.3) is 0 Å². The summed E-state index contributed by atoms with van der Waals surface area (Å²) in [6, 6.07) is 10.4. The third kappa shape index (κ3) is 4.11. The van der Waals surface area contributed by atoms with Crippen molar-refractivity contribution in [1.29, 1.82) is 0 Å². The van der Waals surface area contributed by atoms with Crippen molar-refractivity contribution in [2.75, 3.05) is 13.2 Å². The molecule has 17 heavy (non-hydrogen) atoms. The molecule has 2 N–H and O–H groups in total. The van der Waals surface area contributed by atoms with Crippen LogP contribution in [0.3, 0.4) is 0 Å². The van der Waals surface area contributed by atoms with Gasteiger partial charge in [-0.3, -0.25) is 0 Å². The number of hydrogen-bond acceptors (Lipinski definition) is 3. The van der Waals surface area contributed by atoms with Crippen LogP contribution in [0, 0.1) is 0 Å². The van der Waals surface area contributed by atoms with Gasteiger partial charge >= 0.3 is 0 Å². The van der Waals surface area contributed by atoms with E-state index >= 15 is 0 Å². The third-order valence-corrected chi connectivity index (χ3v) is 3.24. The van der Waals surface area contributed by atoms with E-state index in [-0.39, 0.29) is 12.1 Å². The van der Waals surface area contributed by atoms with Gasteiger partial charge in [-0.1, -0.05) is 30.3 Å². The van der Waals surface area contributed by atoms with E-state index in [4.69, 9.17) is 4.74 Å². The molecule has 0 aromatic heterocycles. The lowest BCUT2D eigenvalue weighted by Gasteiger charge is -2.16. The van der Waals surface area contributed by atoms with Gasteiger partial charge in [0.1, 0.15) is 0 Å². The van der Waals surface area contributed by atoms with Gasteiger partial charge in [-0.25, -0.2) is 0 Å². The summed E-state index contributed by atoms with van der Waals surface area (Å²) in [5, 5.41) is 13.0. The molecule has 3 heteroatoms. The van der Waals surface area contributed by atoms with Crippen molar-refractivity contribution >= 4 is 0 Å². The lowest BCUT2D eigenvalue weighted by atomic mass is 10.2. The molecule has 1 fully saturated rings. The Bertz CT molecular complexity index is 315. The fraction of sp³-hybridized carbons (Fsp3) is 0.571. The zero-order valence-corrected chi connectivity index (χ0v) is 10.1. The highest BCUT2D eigenvalue weighted by Gasteiger charge is 2.23. The zero-order valence-electron chi connectivity index (χ0n) is 10.1. The normalized spacial score (nSPS) is 24.1. The van der Waals surface area contributed by atoms with Crippen molar-refractivity contribution < 1.29 is 9.84 Å². The molecule has 0 heterocycles. The third-order valence-electron chi connectivity index (χ3n) is 3.24. The van der Waals surface area contributed by atoms with Gasteiger partial charge in [0.2, 0.25) is 0 Å². The van der Waals surface area contributed by atoms with Gasteiger partial charge in [0.05, 0.1) is 19.3 Å². The largest absolute Gasteiger partial charge is 0.392 e. The summed E-state index contributed by atoms with van der Waals surface area (Å²) in [6.07, 6.45) is 2.98. The molecule has 1 aromatic carbocycles. The molecule has 0 amide bonds. The van der Waals surface area contributed by atoms with E-state index in [2.05, 4.69) is 17.4 Å². The van der Waals surface area contributed by atoms with Crippen LogP contribution in [0.4, 0.5) is 0 Å². The molecule has 0 saturated heterocycles.